The highest BCUT2D eigenvalue weighted by molar-refractivity contribution is 9.13. The van der Waals surface area contributed by atoms with Gasteiger partial charge < -0.3 is 0 Å². The highest BCUT2D eigenvalue weighted by Gasteiger charge is 2.17. The van der Waals surface area contributed by atoms with Crippen LogP contribution >= 0.6 is 43.2 Å². The molecule has 0 aliphatic heterocycles. The predicted octanol–water partition coefficient (Wildman–Crippen LogP) is 5.35. The third-order valence-electron chi connectivity index (χ3n) is 2.70. The van der Waals surface area contributed by atoms with Crippen molar-refractivity contribution in [2.75, 3.05) is 0 Å². The lowest BCUT2D eigenvalue weighted by atomic mass is 10.1. The molecule has 0 N–H and O–H groups in total. The van der Waals surface area contributed by atoms with Crippen LogP contribution in [0.3, 0.4) is 0 Å². The van der Waals surface area contributed by atoms with E-state index in [-0.39, 0.29) is 5.78 Å². The lowest BCUT2D eigenvalue weighted by molar-refractivity contribution is 0.103. The van der Waals surface area contributed by atoms with Gasteiger partial charge in [0.05, 0.1) is 8.66 Å². The van der Waals surface area contributed by atoms with Gasteiger partial charge in [0.1, 0.15) is 0 Å². The van der Waals surface area contributed by atoms with Gasteiger partial charge in [-0.3, -0.25) is 4.79 Å². The van der Waals surface area contributed by atoms with Gasteiger partial charge in [-0.15, -0.1) is 11.3 Å². The molecular formula is C12H12Br2OS. The van der Waals surface area contributed by atoms with E-state index >= 15 is 0 Å². The van der Waals surface area contributed by atoms with Crippen LogP contribution in [0.25, 0.3) is 0 Å². The molecule has 16 heavy (non-hydrogen) atoms. The molecule has 0 amide bonds. The zero-order chi connectivity index (χ0) is 11.5. The number of Topliss-reactive ketones (excluding diaryl/α,β-unsaturated/α-hetero) is 1. The third kappa shape index (κ3) is 2.84. The van der Waals surface area contributed by atoms with Crippen LogP contribution in [0.2, 0.25) is 0 Å². The summed E-state index contributed by atoms with van der Waals surface area (Å²) in [5.74, 6) is 0.207. The maximum absolute atomic E-state index is 12.2. The average molecular weight is 364 g/mol. The monoisotopic (exact) mass is 362 g/mol. The van der Waals surface area contributed by atoms with Gasteiger partial charge in [-0.25, -0.2) is 0 Å². The maximum atomic E-state index is 12.2. The molecule has 1 aromatic rings. The SMILES string of the molecule is O=C(C1=CCCCCC1)c1cc(Br)c(Br)s1. The van der Waals surface area contributed by atoms with Gasteiger partial charge in [-0.05, 0) is 69.2 Å². The fourth-order valence-corrected chi connectivity index (χ4v) is 3.85. The van der Waals surface area contributed by atoms with Gasteiger partial charge in [-0.2, -0.15) is 0 Å². The van der Waals surface area contributed by atoms with Crippen molar-refractivity contribution in [3.8, 4) is 0 Å². The molecule has 1 aliphatic rings. The van der Waals surface area contributed by atoms with Crippen molar-refractivity contribution in [2.45, 2.75) is 32.1 Å². The standard InChI is InChI=1S/C12H12Br2OS/c13-9-7-10(16-12(9)14)11(15)8-5-3-1-2-4-6-8/h5,7H,1-4,6H2. The summed E-state index contributed by atoms with van der Waals surface area (Å²) in [6, 6.07) is 1.91. The summed E-state index contributed by atoms with van der Waals surface area (Å²) in [7, 11) is 0. The molecule has 0 aromatic carbocycles. The van der Waals surface area contributed by atoms with Gasteiger partial charge in [0, 0.05) is 4.47 Å². The highest BCUT2D eigenvalue weighted by atomic mass is 79.9. The maximum Gasteiger partial charge on any atom is 0.198 e. The number of carbonyl (C=O) groups is 1. The zero-order valence-electron chi connectivity index (χ0n) is 8.76. The summed E-state index contributed by atoms with van der Waals surface area (Å²) < 4.78 is 1.96. The molecule has 0 bridgehead atoms. The first-order chi connectivity index (χ1) is 7.68. The van der Waals surface area contributed by atoms with Crippen molar-refractivity contribution in [1.82, 2.24) is 0 Å². The normalized spacial score (nSPS) is 16.8. The van der Waals surface area contributed by atoms with Crippen LogP contribution in [0.1, 0.15) is 41.8 Å². The van der Waals surface area contributed by atoms with E-state index < -0.39 is 0 Å². The second-order valence-electron chi connectivity index (χ2n) is 3.89. The van der Waals surface area contributed by atoms with Crippen LogP contribution in [-0.2, 0) is 0 Å². The quantitative estimate of drug-likeness (QED) is 0.647. The molecule has 0 saturated carbocycles. The fraction of sp³-hybridized carbons (Fsp3) is 0.417. The Labute approximate surface area is 116 Å². The van der Waals surface area contributed by atoms with Crippen molar-refractivity contribution >= 4 is 49.0 Å². The van der Waals surface area contributed by atoms with Crippen LogP contribution in [0, 0.1) is 0 Å². The number of allylic oxidation sites excluding steroid dienone is 2. The smallest absolute Gasteiger partial charge is 0.198 e. The molecule has 1 nitrogen and oxygen atoms in total. The molecule has 4 heteroatoms. The van der Waals surface area contributed by atoms with E-state index in [9.17, 15) is 4.79 Å². The molecule has 1 aliphatic carbocycles. The van der Waals surface area contributed by atoms with E-state index in [1.54, 1.807) is 0 Å². The summed E-state index contributed by atoms with van der Waals surface area (Å²) in [5.41, 5.74) is 0.999. The molecule has 0 fully saturated rings. The van der Waals surface area contributed by atoms with Crippen molar-refractivity contribution in [3.63, 3.8) is 0 Å². The van der Waals surface area contributed by atoms with Gasteiger partial charge in [0.25, 0.3) is 0 Å². The first-order valence-electron chi connectivity index (χ1n) is 5.37. The molecule has 0 radical (unpaired) electrons. The van der Waals surface area contributed by atoms with Crippen molar-refractivity contribution < 1.29 is 4.79 Å². The lowest BCUT2D eigenvalue weighted by Crippen LogP contribution is -2.00. The number of thiophene rings is 1. The summed E-state index contributed by atoms with van der Waals surface area (Å²) >= 11 is 8.34. The first kappa shape index (κ1) is 12.5. The van der Waals surface area contributed by atoms with E-state index in [1.807, 2.05) is 6.07 Å². The number of hydrogen-bond acceptors (Lipinski definition) is 2. The Hall–Kier alpha value is 0.0700. The fourth-order valence-electron chi connectivity index (χ4n) is 1.84. The van der Waals surface area contributed by atoms with Crippen LogP contribution in [0.5, 0.6) is 0 Å². The van der Waals surface area contributed by atoms with Gasteiger partial charge in [0.2, 0.25) is 0 Å². The summed E-state index contributed by atoms with van der Waals surface area (Å²) in [6.07, 6.45) is 7.71. The molecule has 86 valence electrons. The van der Waals surface area contributed by atoms with Crippen LogP contribution in [0.15, 0.2) is 26.0 Å². The van der Waals surface area contributed by atoms with Gasteiger partial charge in [0.15, 0.2) is 5.78 Å². The van der Waals surface area contributed by atoms with Gasteiger partial charge >= 0.3 is 0 Å². The second-order valence-corrected chi connectivity index (χ2v) is 7.11. The molecule has 2 rings (SSSR count). The number of rotatable bonds is 2. The molecule has 0 saturated heterocycles. The van der Waals surface area contributed by atoms with E-state index in [4.69, 9.17) is 0 Å². The average Bonchev–Trinajstić information content (AvgIpc) is 2.51. The summed E-state index contributed by atoms with van der Waals surface area (Å²) in [4.78, 5) is 13.0. The number of hydrogen-bond donors (Lipinski definition) is 0. The highest BCUT2D eigenvalue weighted by Crippen LogP contribution is 2.34. The molecule has 1 aromatic heterocycles. The second kappa shape index (κ2) is 5.61. The van der Waals surface area contributed by atoms with E-state index in [2.05, 4.69) is 37.9 Å². The van der Waals surface area contributed by atoms with Gasteiger partial charge in [-0.1, -0.05) is 12.5 Å². The Morgan fingerprint density at radius 3 is 2.75 bits per heavy atom. The Morgan fingerprint density at radius 2 is 2.06 bits per heavy atom. The topological polar surface area (TPSA) is 17.1 Å². The Kier molecular flexibility index (Phi) is 4.39. The molecule has 0 atom stereocenters. The van der Waals surface area contributed by atoms with Crippen LogP contribution in [-0.4, -0.2) is 5.78 Å². The van der Waals surface area contributed by atoms with Crippen molar-refractivity contribution in [1.29, 1.82) is 0 Å². The van der Waals surface area contributed by atoms with E-state index in [0.717, 1.165) is 38.0 Å². The van der Waals surface area contributed by atoms with Crippen LogP contribution in [0.4, 0.5) is 0 Å². The van der Waals surface area contributed by atoms with Crippen LogP contribution < -0.4 is 0 Å². The summed E-state index contributed by atoms with van der Waals surface area (Å²) in [5, 5.41) is 0. The minimum Gasteiger partial charge on any atom is -0.288 e. The minimum atomic E-state index is 0.207. The zero-order valence-corrected chi connectivity index (χ0v) is 12.8. The Balaban J connectivity index is 2.20. The molecule has 1 heterocycles. The number of carbonyl (C=O) groups excluding carboxylic acids is 1. The Morgan fingerprint density at radius 1 is 1.25 bits per heavy atom. The molecule has 0 unspecified atom stereocenters. The predicted molar refractivity (Wildman–Crippen MR) is 75.2 cm³/mol. The first-order valence-corrected chi connectivity index (χ1v) is 7.77. The summed E-state index contributed by atoms with van der Waals surface area (Å²) in [6.45, 7) is 0. The number of ketones is 1. The minimum absolute atomic E-state index is 0.207. The largest absolute Gasteiger partial charge is 0.288 e. The molecule has 0 spiro atoms. The lowest BCUT2D eigenvalue weighted by Gasteiger charge is -2.01. The van der Waals surface area contributed by atoms with E-state index in [1.165, 1.54) is 24.2 Å². The number of halogens is 2. The van der Waals surface area contributed by atoms with Crippen molar-refractivity contribution in [3.05, 3.63) is 30.9 Å². The molecular weight excluding hydrogens is 352 g/mol. The Bertz CT molecular complexity index is 415. The van der Waals surface area contributed by atoms with Crippen molar-refractivity contribution in [2.24, 2.45) is 0 Å². The van der Waals surface area contributed by atoms with E-state index in [0.29, 0.717) is 0 Å². The third-order valence-corrected chi connectivity index (χ3v) is 5.96.